The van der Waals surface area contributed by atoms with E-state index in [4.69, 9.17) is 4.74 Å². The molecule has 0 bridgehead atoms. The molecule has 2 atom stereocenters. The van der Waals surface area contributed by atoms with Crippen LogP contribution in [-0.2, 0) is 4.74 Å². The van der Waals surface area contributed by atoms with Crippen LogP contribution in [-0.4, -0.2) is 23.9 Å². The second-order valence-electron chi connectivity index (χ2n) is 2.13. The second kappa shape index (κ2) is 5.45. The summed E-state index contributed by atoms with van der Waals surface area (Å²) in [7, 11) is 0. The Morgan fingerprint density at radius 3 is 2.50 bits per heavy atom. The molecule has 0 aromatic rings. The smallest absolute Gasteiger partial charge is 0.0979 e. The highest BCUT2D eigenvalue weighted by Crippen LogP contribution is 2.04. The van der Waals surface area contributed by atoms with Gasteiger partial charge in [0.2, 0.25) is 0 Å². The summed E-state index contributed by atoms with van der Waals surface area (Å²) in [5.41, 5.74) is 0. The van der Waals surface area contributed by atoms with E-state index in [2.05, 4.69) is 6.58 Å². The first-order valence-electron chi connectivity index (χ1n) is 3.68. The van der Waals surface area contributed by atoms with Crippen LogP contribution in [0.2, 0.25) is 0 Å². The zero-order valence-electron chi connectivity index (χ0n) is 6.71. The third kappa shape index (κ3) is 2.99. The van der Waals surface area contributed by atoms with Crippen molar-refractivity contribution in [3.63, 3.8) is 0 Å². The average Bonchev–Trinajstić information content (AvgIpc) is 1.99. The fourth-order valence-electron chi connectivity index (χ4n) is 0.824. The van der Waals surface area contributed by atoms with Gasteiger partial charge in [0.25, 0.3) is 0 Å². The first-order chi connectivity index (χ1) is 4.76. The van der Waals surface area contributed by atoms with Crippen LogP contribution < -0.4 is 0 Å². The van der Waals surface area contributed by atoms with E-state index in [0.29, 0.717) is 6.61 Å². The van der Waals surface area contributed by atoms with Gasteiger partial charge in [-0.05, 0) is 13.3 Å². The molecule has 0 aromatic heterocycles. The topological polar surface area (TPSA) is 29.5 Å². The van der Waals surface area contributed by atoms with Gasteiger partial charge in [-0.25, -0.2) is 0 Å². The SMILES string of the molecule is C=CC(O)C(CC)OCC. The van der Waals surface area contributed by atoms with E-state index in [1.807, 2.05) is 13.8 Å². The van der Waals surface area contributed by atoms with Gasteiger partial charge < -0.3 is 9.84 Å². The maximum atomic E-state index is 9.21. The number of aliphatic hydroxyl groups is 1. The number of aliphatic hydroxyl groups excluding tert-OH is 1. The molecule has 0 spiro atoms. The van der Waals surface area contributed by atoms with E-state index in [1.54, 1.807) is 0 Å². The molecule has 0 aromatic carbocycles. The summed E-state index contributed by atoms with van der Waals surface area (Å²) in [4.78, 5) is 0. The maximum Gasteiger partial charge on any atom is 0.0979 e. The molecule has 2 heteroatoms. The molecule has 10 heavy (non-hydrogen) atoms. The van der Waals surface area contributed by atoms with Gasteiger partial charge >= 0.3 is 0 Å². The van der Waals surface area contributed by atoms with Crippen molar-refractivity contribution in [1.82, 2.24) is 0 Å². The van der Waals surface area contributed by atoms with Gasteiger partial charge in [0.05, 0.1) is 12.2 Å². The third-order valence-corrected chi connectivity index (χ3v) is 1.41. The summed E-state index contributed by atoms with van der Waals surface area (Å²) < 4.78 is 5.22. The summed E-state index contributed by atoms with van der Waals surface area (Å²) in [6.45, 7) is 8.02. The van der Waals surface area contributed by atoms with Crippen LogP contribution in [0.1, 0.15) is 20.3 Å². The van der Waals surface area contributed by atoms with Crippen LogP contribution >= 0.6 is 0 Å². The molecule has 60 valence electrons. The summed E-state index contributed by atoms with van der Waals surface area (Å²) >= 11 is 0. The predicted octanol–water partition coefficient (Wildman–Crippen LogP) is 1.35. The quantitative estimate of drug-likeness (QED) is 0.590. The minimum absolute atomic E-state index is 0.0810. The fourth-order valence-corrected chi connectivity index (χ4v) is 0.824. The second-order valence-corrected chi connectivity index (χ2v) is 2.13. The highest BCUT2D eigenvalue weighted by Gasteiger charge is 2.12. The van der Waals surface area contributed by atoms with Crippen LogP contribution in [0.5, 0.6) is 0 Å². The molecule has 0 rings (SSSR count). The molecule has 0 saturated carbocycles. The van der Waals surface area contributed by atoms with Crippen molar-refractivity contribution in [1.29, 1.82) is 0 Å². The molecule has 2 unspecified atom stereocenters. The number of ether oxygens (including phenoxy) is 1. The Labute approximate surface area is 62.5 Å². The van der Waals surface area contributed by atoms with E-state index >= 15 is 0 Å². The molecule has 0 radical (unpaired) electrons. The molecule has 0 aliphatic carbocycles. The zero-order valence-corrected chi connectivity index (χ0v) is 6.71. The Kier molecular flexibility index (Phi) is 5.26. The van der Waals surface area contributed by atoms with Crippen molar-refractivity contribution in [3.8, 4) is 0 Å². The number of hydrogen-bond donors (Lipinski definition) is 1. The van der Waals surface area contributed by atoms with Crippen LogP contribution in [0.15, 0.2) is 12.7 Å². The summed E-state index contributed by atoms with van der Waals surface area (Å²) in [5.74, 6) is 0. The molecular weight excluding hydrogens is 128 g/mol. The lowest BCUT2D eigenvalue weighted by molar-refractivity contribution is -0.0132. The van der Waals surface area contributed by atoms with Crippen molar-refractivity contribution >= 4 is 0 Å². The molecule has 0 fully saturated rings. The lowest BCUT2D eigenvalue weighted by atomic mass is 10.1. The van der Waals surface area contributed by atoms with E-state index < -0.39 is 6.10 Å². The van der Waals surface area contributed by atoms with Crippen molar-refractivity contribution < 1.29 is 9.84 Å². The Balaban J connectivity index is 3.67. The highest BCUT2D eigenvalue weighted by atomic mass is 16.5. The first-order valence-corrected chi connectivity index (χ1v) is 3.68. The standard InChI is InChI=1S/C8H16O2/c1-4-7(9)8(5-2)10-6-3/h4,7-9H,1,5-6H2,2-3H3. The molecule has 1 N–H and O–H groups in total. The normalized spacial score (nSPS) is 16.3. The van der Waals surface area contributed by atoms with Crippen LogP contribution in [0.3, 0.4) is 0 Å². The minimum atomic E-state index is -0.523. The van der Waals surface area contributed by atoms with Crippen molar-refractivity contribution in [2.75, 3.05) is 6.61 Å². The van der Waals surface area contributed by atoms with Gasteiger partial charge in [0, 0.05) is 6.61 Å². The number of hydrogen-bond acceptors (Lipinski definition) is 2. The maximum absolute atomic E-state index is 9.21. The zero-order chi connectivity index (χ0) is 7.98. The summed E-state index contributed by atoms with van der Waals surface area (Å²) in [5, 5.41) is 9.21. The molecule has 0 aliphatic rings. The average molecular weight is 144 g/mol. The van der Waals surface area contributed by atoms with Crippen LogP contribution in [0, 0.1) is 0 Å². The highest BCUT2D eigenvalue weighted by molar-refractivity contribution is 4.84. The Morgan fingerprint density at radius 1 is 1.60 bits per heavy atom. The van der Waals surface area contributed by atoms with Crippen molar-refractivity contribution in [2.45, 2.75) is 32.5 Å². The first kappa shape index (κ1) is 9.66. The molecule has 0 heterocycles. The fraction of sp³-hybridized carbons (Fsp3) is 0.750. The van der Waals surface area contributed by atoms with E-state index in [1.165, 1.54) is 6.08 Å². The van der Waals surface area contributed by atoms with Gasteiger partial charge in [-0.3, -0.25) is 0 Å². The Morgan fingerprint density at radius 2 is 2.20 bits per heavy atom. The monoisotopic (exact) mass is 144 g/mol. The molecular formula is C8H16O2. The molecule has 0 saturated heterocycles. The van der Waals surface area contributed by atoms with E-state index in [9.17, 15) is 5.11 Å². The Bertz CT molecular complexity index is 91.3. The van der Waals surface area contributed by atoms with Crippen LogP contribution in [0.25, 0.3) is 0 Å². The number of rotatable bonds is 5. The Hall–Kier alpha value is -0.340. The molecule has 2 nitrogen and oxygen atoms in total. The largest absolute Gasteiger partial charge is 0.386 e. The minimum Gasteiger partial charge on any atom is -0.386 e. The lowest BCUT2D eigenvalue weighted by Gasteiger charge is -2.17. The summed E-state index contributed by atoms with van der Waals surface area (Å²) in [6.07, 6.45) is 1.72. The lowest BCUT2D eigenvalue weighted by Crippen LogP contribution is -2.26. The van der Waals surface area contributed by atoms with Crippen molar-refractivity contribution in [3.05, 3.63) is 12.7 Å². The summed E-state index contributed by atoms with van der Waals surface area (Å²) in [6, 6.07) is 0. The van der Waals surface area contributed by atoms with Crippen LogP contribution in [0.4, 0.5) is 0 Å². The predicted molar refractivity (Wildman–Crippen MR) is 41.9 cm³/mol. The van der Waals surface area contributed by atoms with E-state index in [-0.39, 0.29) is 6.10 Å². The van der Waals surface area contributed by atoms with Crippen molar-refractivity contribution in [2.24, 2.45) is 0 Å². The molecule has 0 amide bonds. The van der Waals surface area contributed by atoms with Gasteiger partial charge in [-0.15, -0.1) is 6.58 Å². The third-order valence-electron chi connectivity index (χ3n) is 1.41. The van der Waals surface area contributed by atoms with Gasteiger partial charge in [0.15, 0.2) is 0 Å². The van der Waals surface area contributed by atoms with Gasteiger partial charge in [0.1, 0.15) is 0 Å². The van der Waals surface area contributed by atoms with Gasteiger partial charge in [-0.2, -0.15) is 0 Å². The van der Waals surface area contributed by atoms with E-state index in [0.717, 1.165) is 6.42 Å². The molecule has 0 aliphatic heterocycles. The van der Waals surface area contributed by atoms with Gasteiger partial charge in [-0.1, -0.05) is 13.0 Å².